The zero-order valence-corrected chi connectivity index (χ0v) is 9.87. The predicted octanol–water partition coefficient (Wildman–Crippen LogP) is 2.44. The van der Waals surface area contributed by atoms with E-state index in [-0.39, 0.29) is 11.6 Å². The minimum atomic E-state index is -0.638. The predicted molar refractivity (Wildman–Crippen MR) is 60.5 cm³/mol. The zero-order chi connectivity index (χ0) is 12.3. The highest BCUT2D eigenvalue weighted by Gasteiger charge is 2.17. The smallest absolute Gasteiger partial charge is 0.413 e. The molecule has 1 heterocycles. The minimum absolute atomic E-state index is 0.0866. The van der Waals surface area contributed by atoms with Crippen molar-refractivity contribution in [3.05, 3.63) is 17.8 Å². The van der Waals surface area contributed by atoms with Crippen molar-refractivity contribution in [2.45, 2.75) is 33.3 Å². The van der Waals surface area contributed by atoms with Crippen molar-refractivity contribution in [3.63, 3.8) is 0 Å². The third kappa shape index (κ3) is 3.76. The summed E-state index contributed by atoms with van der Waals surface area (Å²) in [7, 11) is 0. The van der Waals surface area contributed by atoms with Crippen LogP contribution < -0.4 is 5.32 Å². The largest absolute Gasteiger partial charge is 0.504 e. The van der Waals surface area contributed by atoms with Gasteiger partial charge in [-0.2, -0.15) is 0 Å². The van der Waals surface area contributed by atoms with Gasteiger partial charge in [0, 0.05) is 5.69 Å². The average molecular weight is 224 g/mol. The van der Waals surface area contributed by atoms with Crippen molar-refractivity contribution in [2.24, 2.45) is 0 Å². The van der Waals surface area contributed by atoms with Crippen LogP contribution in [0.2, 0.25) is 0 Å². The Kier molecular flexibility index (Phi) is 3.37. The molecule has 0 spiro atoms. The fourth-order valence-electron chi connectivity index (χ4n) is 1.04. The highest BCUT2D eigenvalue weighted by molar-refractivity contribution is 5.85. The van der Waals surface area contributed by atoms with Gasteiger partial charge in [-0.3, -0.25) is 5.32 Å². The molecule has 0 aliphatic rings. The number of aromatic nitrogens is 1. The number of rotatable bonds is 1. The van der Waals surface area contributed by atoms with Gasteiger partial charge in [-0.05, 0) is 39.8 Å². The van der Waals surface area contributed by atoms with Crippen LogP contribution in [0.4, 0.5) is 10.6 Å². The number of hydrogen-bond donors (Lipinski definition) is 2. The van der Waals surface area contributed by atoms with Gasteiger partial charge in [0.1, 0.15) is 5.60 Å². The molecule has 5 heteroatoms. The van der Waals surface area contributed by atoms with Gasteiger partial charge in [-0.25, -0.2) is 9.78 Å². The molecule has 1 amide bonds. The zero-order valence-electron chi connectivity index (χ0n) is 9.87. The van der Waals surface area contributed by atoms with Crippen molar-refractivity contribution in [1.29, 1.82) is 0 Å². The number of anilines is 1. The van der Waals surface area contributed by atoms with E-state index in [9.17, 15) is 9.90 Å². The number of ether oxygens (including phenoxy) is 1. The number of pyridine rings is 1. The van der Waals surface area contributed by atoms with Gasteiger partial charge in [0.25, 0.3) is 0 Å². The molecule has 5 nitrogen and oxygen atoms in total. The Bertz CT molecular complexity index is 397. The third-order valence-electron chi connectivity index (χ3n) is 1.63. The Morgan fingerprint density at radius 2 is 2.06 bits per heavy atom. The van der Waals surface area contributed by atoms with Crippen molar-refractivity contribution >= 4 is 11.9 Å². The second-order valence-electron chi connectivity index (χ2n) is 4.45. The van der Waals surface area contributed by atoms with E-state index >= 15 is 0 Å². The molecular formula is C11H16N2O3. The summed E-state index contributed by atoms with van der Waals surface area (Å²) in [5.74, 6) is 0.0192. The summed E-state index contributed by atoms with van der Waals surface area (Å²) in [6.45, 7) is 7.04. The van der Waals surface area contributed by atoms with Crippen LogP contribution in [-0.4, -0.2) is 21.8 Å². The molecule has 16 heavy (non-hydrogen) atoms. The first kappa shape index (κ1) is 12.3. The standard InChI is InChI=1S/C11H16N2O3/c1-7-5-6-8(14)9(12-7)13-10(15)16-11(2,3)4/h5-6,14H,1-4H3,(H,12,13,15). The lowest BCUT2D eigenvalue weighted by atomic mass is 10.2. The maximum absolute atomic E-state index is 11.4. The van der Waals surface area contributed by atoms with Crippen LogP contribution in [0.25, 0.3) is 0 Å². The monoisotopic (exact) mass is 224 g/mol. The molecular weight excluding hydrogens is 208 g/mol. The average Bonchev–Trinajstić information content (AvgIpc) is 2.08. The summed E-state index contributed by atoms with van der Waals surface area (Å²) in [5, 5.41) is 11.8. The van der Waals surface area contributed by atoms with Crippen LogP contribution in [0.15, 0.2) is 12.1 Å². The van der Waals surface area contributed by atoms with Gasteiger partial charge in [0.15, 0.2) is 11.6 Å². The molecule has 0 radical (unpaired) electrons. The summed E-state index contributed by atoms with van der Waals surface area (Å²) in [5.41, 5.74) is 0.118. The fourth-order valence-corrected chi connectivity index (χ4v) is 1.04. The van der Waals surface area contributed by atoms with Crippen molar-refractivity contribution in [1.82, 2.24) is 4.98 Å². The number of nitrogens with zero attached hydrogens (tertiary/aromatic N) is 1. The summed E-state index contributed by atoms with van der Waals surface area (Å²) in [6.07, 6.45) is -0.638. The van der Waals surface area contributed by atoms with Gasteiger partial charge in [-0.15, -0.1) is 0 Å². The quantitative estimate of drug-likeness (QED) is 0.768. The molecule has 0 saturated carbocycles. The van der Waals surface area contributed by atoms with Crippen molar-refractivity contribution in [2.75, 3.05) is 5.32 Å². The number of aryl methyl sites for hydroxylation is 1. The normalized spacial score (nSPS) is 11.0. The molecule has 0 aliphatic heterocycles. The highest BCUT2D eigenvalue weighted by Crippen LogP contribution is 2.20. The Balaban J connectivity index is 2.73. The number of aromatic hydroxyl groups is 1. The maximum Gasteiger partial charge on any atom is 0.413 e. The Morgan fingerprint density at radius 3 is 2.62 bits per heavy atom. The second-order valence-corrected chi connectivity index (χ2v) is 4.45. The van der Waals surface area contributed by atoms with Crippen LogP contribution in [-0.2, 0) is 4.74 Å². The third-order valence-corrected chi connectivity index (χ3v) is 1.63. The van der Waals surface area contributed by atoms with E-state index in [0.717, 1.165) is 0 Å². The number of carbonyl (C=O) groups is 1. The number of hydrogen-bond acceptors (Lipinski definition) is 4. The van der Waals surface area contributed by atoms with E-state index in [4.69, 9.17) is 4.74 Å². The second kappa shape index (κ2) is 4.38. The molecule has 1 rings (SSSR count). The maximum atomic E-state index is 11.4. The first-order chi connectivity index (χ1) is 7.28. The van der Waals surface area contributed by atoms with E-state index in [1.165, 1.54) is 6.07 Å². The van der Waals surface area contributed by atoms with Crippen LogP contribution in [0.1, 0.15) is 26.5 Å². The van der Waals surface area contributed by atoms with Crippen LogP contribution in [0, 0.1) is 6.92 Å². The molecule has 0 fully saturated rings. The number of amides is 1. The molecule has 1 aromatic rings. The van der Waals surface area contributed by atoms with E-state index in [1.54, 1.807) is 33.8 Å². The Morgan fingerprint density at radius 1 is 1.44 bits per heavy atom. The van der Waals surface area contributed by atoms with Crippen LogP contribution in [0.3, 0.4) is 0 Å². The molecule has 88 valence electrons. The van der Waals surface area contributed by atoms with Crippen LogP contribution in [0.5, 0.6) is 5.75 Å². The molecule has 0 atom stereocenters. The summed E-state index contributed by atoms with van der Waals surface area (Å²) < 4.78 is 5.04. The summed E-state index contributed by atoms with van der Waals surface area (Å²) in [4.78, 5) is 15.4. The fraction of sp³-hybridized carbons (Fsp3) is 0.455. The van der Waals surface area contributed by atoms with E-state index in [2.05, 4.69) is 10.3 Å². The van der Waals surface area contributed by atoms with Gasteiger partial charge >= 0.3 is 6.09 Å². The Hall–Kier alpha value is -1.78. The van der Waals surface area contributed by atoms with Crippen LogP contribution >= 0.6 is 0 Å². The summed E-state index contributed by atoms with van der Waals surface area (Å²) >= 11 is 0. The topological polar surface area (TPSA) is 71.5 Å². The lowest BCUT2D eigenvalue weighted by Gasteiger charge is -2.19. The van der Waals surface area contributed by atoms with Gasteiger partial charge in [-0.1, -0.05) is 0 Å². The molecule has 0 bridgehead atoms. The lowest BCUT2D eigenvalue weighted by molar-refractivity contribution is 0.0634. The van der Waals surface area contributed by atoms with Gasteiger partial charge in [0.05, 0.1) is 0 Å². The molecule has 0 aromatic carbocycles. The number of carbonyl (C=O) groups excluding carboxylic acids is 1. The summed E-state index contributed by atoms with van der Waals surface area (Å²) in [6, 6.07) is 3.12. The molecule has 0 unspecified atom stereocenters. The molecule has 2 N–H and O–H groups in total. The molecule has 0 aliphatic carbocycles. The van der Waals surface area contributed by atoms with Crippen molar-refractivity contribution < 1.29 is 14.6 Å². The first-order valence-electron chi connectivity index (χ1n) is 4.94. The lowest BCUT2D eigenvalue weighted by Crippen LogP contribution is -2.27. The van der Waals surface area contributed by atoms with E-state index in [0.29, 0.717) is 5.69 Å². The number of nitrogens with one attached hydrogen (secondary N) is 1. The van der Waals surface area contributed by atoms with Gasteiger partial charge < -0.3 is 9.84 Å². The SMILES string of the molecule is Cc1ccc(O)c(NC(=O)OC(C)(C)C)n1. The molecule has 1 aromatic heterocycles. The van der Waals surface area contributed by atoms with E-state index in [1.807, 2.05) is 0 Å². The van der Waals surface area contributed by atoms with Gasteiger partial charge in [0.2, 0.25) is 0 Å². The van der Waals surface area contributed by atoms with Crippen molar-refractivity contribution in [3.8, 4) is 5.75 Å². The molecule has 0 saturated heterocycles. The van der Waals surface area contributed by atoms with E-state index < -0.39 is 11.7 Å². The highest BCUT2D eigenvalue weighted by atomic mass is 16.6. The first-order valence-corrected chi connectivity index (χ1v) is 4.94. The minimum Gasteiger partial charge on any atom is -0.504 e. The Labute approximate surface area is 94.5 Å².